The van der Waals surface area contributed by atoms with Crippen LogP contribution >= 0.6 is 0 Å². The molecule has 1 aliphatic rings. The minimum atomic E-state index is 0.0509. The van der Waals surface area contributed by atoms with Crippen molar-refractivity contribution in [3.8, 4) is 17.2 Å². The van der Waals surface area contributed by atoms with E-state index in [1.54, 1.807) is 20.4 Å². The predicted octanol–water partition coefficient (Wildman–Crippen LogP) is 4.23. The number of aromatic nitrogens is 3. The van der Waals surface area contributed by atoms with Gasteiger partial charge in [-0.2, -0.15) is 0 Å². The summed E-state index contributed by atoms with van der Waals surface area (Å²) >= 11 is 0. The van der Waals surface area contributed by atoms with Gasteiger partial charge >= 0.3 is 0 Å². The van der Waals surface area contributed by atoms with Gasteiger partial charge in [0.05, 0.1) is 44.5 Å². The molecule has 1 atom stereocenters. The normalized spacial score (nSPS) is 15.5. The Labute approximate surface area is 192 Å². The van der Waals surface area contributed by atoms with Gasteiger partial charge in [0.2, 0.25) is 5.78 Å². The summed E-state index contributed by atoms with van der Waals surface area (Å²) in [6.45, 7) is 1.39. The molecule has 1 N–H and O–H groups in total. The number of nitrogens with one attached hydrogen (secondary N) is 1. The average Bonchev–Trinajstić information content (AvgIpc) is 3.28. The Bertz CT molecular complexity index is 1280. The zero-order chi connectivity index (χ0) is 22.6. The van der Waals surface area contributed by atoms with Crippen LogP contribution in [0.25, 0.3) is 11.9 Å². The summed E-state index contributed by atoms with van der Waals surface area (Å²) in [6.07, 6.45) is 10.5. The lowest BCUT2D eigenvalue weighted by Crippen LogP contribution is -2.28. The predicted molar refractivity (Wildman–Crippen MR) is 127 cm³/mol. The molecule has 0 amide bonds. The first kappa shape index (κ1) is 21.0. The van der Waals surface area contributed by atoms with E-state index >= 15 is 0 Å². The molecule has 0 bridgehead atoms. The number of hydrogen-bond donors (Lipinski definition) is 1. The largest absolute Gasteiger partial charge is 0.494 e. The maximum atomic E-state index is 6.11. The van der Waals surface area contributed by atoms with Crippen LogP contribution in [0.3, 0.4) is 0 Å². The highest BCUT2D eigenvalue weighted by atomic mass is 16.5. The minimum Gasteiger partial charge on any atom is -0.494 e. The van der Waals surface area contributed by atoms with Crippen LogP contribution in [0.1, 0.15) is 28.4 Å². The van der Waals surface area contributed by atoms with Crippen molar-refractivity contribution in [1.29, 1.82) is 0 Å². The summed E-state index contributed by atoms with van der Waals surface area (Å²) in [5.74, 6) is 2.82. The van der Waals surface area contributed by atoms with Crippen LogP contribution in [-0.4, -0.2) is 35.1 Å². The van der Waals surface area contributed by atoms with Crippen molar-refractivity contribution >= 4 is 11.9 Å². The third-order valence-electron chi connectivity index (χ3n) is 5.82. The fourth-order valence-electron chi connectivity index (χ4n) is 4.07. The molecule has 0 saturated heterocycles. The molecule has 1 aliphatic heterocycles. The van der Waals surface area contributed by atoms with Crippen molar-refractivity contribution in [2.75, 3.05) is 20.8 Å². The topological polar surface area (TPSA) is 69.9 Å². The Hall–Kier alpha value is -3.84. The van der Waals surface area contributed by atoms with Crippen molar-refractivity contribution in [3.05, 3.63) is 89.5 Å². The molecule has 33 heavy (non-hydrogen) atoms. The van der Waals surface area contributed by atoms with Crippen molar-refractivity contribution in [2.24, 2.45) is 0 Å². The average molecular weight is 443 g/mol. The van der Waals surface area contributed by atoms with Gasteiger partial charge in [0, 0.05) is 6.54 Å². The molecule has 5 rings (SSSR count). The van der Waals surface area contributed by atoms with Crippen LogP contribution in [0.4, 0.5) is 0 Å². The fourth-order valence-corrected chi connectivity index (χ4v) is 4.07. The standard InChI is InChI=1S/C26H26N4O3/c1-31-21-15-29-26-28-14-20(30(26)16-21)8-9-23-22-13-24(32-2)25(12-19(22)10-11-27-23)33-17-18-6-4-3-5-7-18/h3-9,12-16,23,27H,10-11,17H2,1-2H3/b9-8+. The third-order valence-corrected chi connectivity index (χ3v) is 5.82. The lowest BCUT2D eigenvalue weighted by atomic mass is 9.93. The van der Waals surface area contributed by atoms with Gasteiger partial charge in [-0.3, -0.25) is 4.40 Å². The van der Waals surface area contributed by atoms with Crippen molar-refractivity contribution < 1.29 is 14.2 Å². The fraction of sp³-hybridized carbons (Fsp3) is 0.231. The smallest absolute Gasteiger partial charge is 0.234 e. The Morgan fingerprint density at radius 2 is 1.91 bits per heavy atom. The molecule has 1 unspecified atom stereocenters. The quantitative estimate of drug-likeness (QED) is 0.462. The van der Waals surface area contributed by atoms with E-state index in [4.69, 9.17) is 14.2 Å². The summed E-state index contributed by atoms with van der Waals surface area (Å²) < 4.78 is 19.0. The molecule has 3 heterocycles. The second kappa shape index (κ2) is 9.34. The number of nitrogens with zero attached hydrogens (tertiary/aromatic N) is 3. The lowest BCUT2D eigenvalue weighted by Gasteiger charge is -2.26. The van der Waals surface area contributed by atoms with E-state index in [0.717, 1.165) is 35.7 Å². The first-order valence-corrected chi connectivity index (χ1v) is 10.9. The first-order chi connectivity index (χ1) is 16.2. The van der Waals surface area contributed by atoms with Crippen LogP contribution in [-0.2, 0) is 13.0 Å². The summed E-state index contributed by atoms with van der Waals surface area (Å²) in [5.41, 5.74) is 4.50. The van der Waals surface area contributed by atoms with E-state index in [1.807, 2.05) is 35.0 Å². The Morgan fingerprint density at radius 1 is 1.06 bits per heavy atom. The summed E-state index contributed by atoms with van der Waals surface area (Å²) in [6, 6.07) is 14.4. The van der Waals surface area contributed by atoms with Gasteiger partial charge in [-0.15, -0.1) is 0 Å². The maximum absolute atomic E-state index is 6.11. The van der Waals surface area contributed by atoms with Crippen LogP contribution in [0.15, 0.2) is 67.1 Å². The van der Waals surface area contributed by atoms with Crippen molar-refractivity contribution in [3.63, 3.8) is 0 Å². The van der Waals surface area contributed by atoms with Crippen molar-refractivity contribution in [1.82, 2.24) is 19.7 Å². The molecule has 0 aliphatic carbocycles. The number of fused-ring (bicyclic) bond motifs is 2. The molecular weight excluding hydrogens is 416 g/mol. The molecular formula is C26H26N4O3. The van der Waals surface area contributed by atoms with Gasteiger partial charge in [0.15, 0.2) is 17.2 Å². The van der Waals surface area contributed by atoms with Crippen LogP contribution in [0.5, 0.6) is 17.2 Å². The highest BCUT2D eigenvalue weighted by molar-refractivity contribution is 5.55. The zero-order valence-electron chi connectivity index (χ0n) is 18.7. The molecule has 0 fully saturated rings. The van der Waals surface area contributed by atoms with E-state index in [2.05, 4.69) is 51.7 Å². The number of hydrogen-bond acceptors (Lipinski definition) is 6. The van der Waals surface area contributed by atoms with Crippen LogP contribution in [0, 0.1) is 0 Å². The molecule has 7 nitrogen and oxygen atoms in total. The first-order valence-electron chi connectivity index (χ1n) is 10.9. The van der Waals surface area contributed by atoms with Crippen LogP contribution in [0.2, 0.25) is 0 Å². The Balaban J connectivity index is 1.40. The molecule has 2 aromatic heterocycles. The van der Waals surface area contributed by atoms with Gasteiger partial charge in [0.1, 0.15) is 6.61 Å². The van der Waals surface area contributed by atoms with Crippen LogP contribution < -0.4 is 19.5 Å². The minimum absolute atomic E-state index is 0.0509. The molecule has 7 heteroatoms. The highest BCUT2D eigenvalue weighted by Crippen LogP contribution is 2.36. The number of rotatable bonds is 7. The Kier molecular flexibility index (Phi) is 5.95. The number of imidazole rings is 1. The zero-order valence-corrected chi connectivity index (χ0v) is 18.7. The molecule has 4 aromatic rings. The SMILES string of the molecule is COc1cnc2ncc(/C=C/C3NCCc4cc(OCc5ccccc5)c(OC)cc43)n2c1. The Morgan fingerprint density at radius 3 is 2.73 bits per heavy atom. The van der Waals surface area contributed by atoms with Gasteiger partial charge in [-0.25, -0.2) is 9.97 Å². The second-order valence-corrected chi connectivity index (χ2v) is 7.86. The second-order valence-electron chi connectivity index (χ2n) is 7.86. The van der Waals surface area contributed by atoms with Gasteiger partial charge in [-0.05, 0) is 41.3 Å². The molecule has 0 spiro atoms. The van der Waals surface area contributed by atoms with Gasteiger partial charge in [-0.1, -0.05) is 36.4 Å². The maximum Gasteiger partial charge on any atom is 0.234 e. The molecule has 0 saturated carbocycles. The molecule has 2 aromatic carbocycles. The van der Waals surface area contributed by atoms with Crippen molar-refractivity contribution in [2.45, 2.75) is 19.1 Å². The summed E-state index contributed by atoms with van der Waals surface area (Å²) in [4.78, 5) is 8.70. The monoisotopic (exact) mass is 442 g/mol. The van der Waals surface area contributed by atoms with E-state index < -0.39 is 0 Å². The third kappa shape index (κ3) is 4.40. The summed E-state index contributed by atoms with van der Waals surface area (Å²) in [7, 11) is 3.31. The lowest BCUT2D eigenvalue weighted by molar-refractivity contribution is 0.283. The van der Waals surface area contributed by atoms with Gasteiger partial charge < -0.3 is 19.5 Å². The summed E-state index contributed by atoms with van der Waals surface area (Å²) in [5, 5.41) is 3.58. The molecule has 0 radical (unpaired) electrons. The van der Waals surface area contributed by atoms with E-state index in [1.165, 1.54) is 11.1 Å². The molecule has 168 valence electrons. The number of ether oxygens (including phenoxy) is 3. The van der Waals surface area contributed by atoms with Gasteiger partial charge in [0.25, 0.3) is 0 Å². The van der Waals surface area contributed by atoms with E-state index in [-0.39, 0.29) is 6.04 Å². The number of methoxy groups -OCH3 is 2. The number of benzene rings is 2. The highest BCUT2D eigenvalue weighted by Gasteiger charge is 2.21. The van der Waals surface area contributed by atoms with E-state index in [0.29, 0.717) is 18.1 Å². The van der Waals surface area contributed by atoms with E-state index in [9.17, 15) is 0 Å².